The number of carbonyl (C=O) groups is 3. The van der Waals surface area contributed by atoms with Gasteiger partial charge in [-0.1, -0.05) is 12.1 Å². The van der Waals surface area contributed by atoms with Gasteiger partial charge < -0.3 is 20.3 Å². The van der Waals surface area contributed by atoms with E-state index in [0.717, 1.165) is 12.8 Å². The highest BCUT2D eigenvalue weighted by molar-refractivity contribution is 5.94. The predicted octanol–water partition coefficient (Wildman–Crippen LogP) is 1.34. The Labute approximate surface area is 170 Å². The summed E-state index contributed by atoms with van der Waals surface area (Å²) in [6.07, 6.45) is 2.85. The fraction of sp³-hybridized carbons (Fsp3) is 0.571. The first-order chi connectivity index (χ1) is 14.0. The average molecular weight is 405 g/mol. The van der Waals surface area contributed by atoms with Gasteiger partial charge in [0.1, 0.15) is 11.9 Å². The molecule has 8 heteroatoms. The minimum absolute atomic E-state index is 0.00648. The van der Waals surface area contributed by atoms with E-state index in [-0.39, 0.29) is 35.1 Å². The van der Waals surface area contributed by atoms with Crippen molar-refractivity contribution in [3.05, 3.63) is 35.6 Å². The van der Waals surface area contributed by atoms with Gasteiger partial charge in [0.05, 0.1) is 12.2 Å². The number of benzene rings is 1. The second-order valence-corrected chi connectivity index (χ2v) is 7.65. The molecule has 1 saturated heterocycles. The Morgan fingerprint density at radius 3 is 2.48 bits per heavy atom. The number of rotatable bonds is 8. The smallest absolute Gasteiger partial charge is 0.256 e. The van der Waals surface area contributed by atoms with E-state index < -0.39 is 11.9 Å². The molecule has 0 spiro atoms. The summed E-state index contributed by atoms with van der Waals surface area (Å²) in [7, 11) is 1.56. The van der Waals surface area contributed by atoms with E-state index in [1.165, 1.54) is 12.1 Å². The fourth-order valence-corrected chi connectivity index (χ4v) is 3.64. The SMILES string of the molecule is COCCNC(=O)C(NC(=O)C1CC1)C1CCN(C(=O)c2ccccc2F)CC1. The number of methoxy groups -OCH3 is 1. The molecule has 1 heterocycles. The van der Waals surface area contributed by atoms with E-state index in [4.69, 9.17) is 4.74 Å². The molecular formula is C21H28FN3O4. The number of amides is 3. The van der Waals surface area contributed by atoms with Crippen LogP contribution in [0.5, 0.6) is 0 Å². The number of ether oxygens (including phenoxy) is 1. The molecule has 7 nitrogen and oxygen atoms in total. The van der Waals surface area contributed by atoms with Crippen molar-refractivity contribution in [3.8, 4) is 0 Å². The Balaban J connectivity index is 1.60. The molecule has 0 radical (unpaired) electrons. The van der Waals surface area contributed by atoms with E-state index in [1.807, 2.05) is 0 Å². The zero-order chi connectivity index (χ0) is 20.8. The monoisotopic (exact) mass is 405 g/mol. The third kappa shape index (κ3) is 5.53. The van der Waals surface area contributed by atoms with Crippen molar-refractivity contribution in [3.63, 3.8) is 0 Å². The van der Waals surface area contributed by atoms with Gasteiger partial charge in [-0.15, -0.1) is 0 Å². The summed E-state index contributed by atoms with van der Waals surface area (Å²) in [5.41, 5.74) is 0.0573. The number of carbonyl (C=O) groups excluding carboxylic acids is 3. The highest BCUT2D eigenvalue weighted by atomic mass is 19.1. The standard InChI is InChI=1S/C21H28FN3O4/c1-29-13-10-23-20(27)18(24-19(26)15-6-7-15)14-8-11-25(12-9-14)21(28)16-4-2-3-5-17(16)22/h2-5,14-15,18H,6-13H2,1H3,(H,23,27)(H,24,26). The van der Waals surface area contributed by atoms with Gasteiger partial charge in [0, 0.05) is 32.7 Å². The lowest BCUT2D eigenvalue weighted by atomic mass is 9.88. The van der Waals surface area contributed by atoms with Crippen LogP contribution in [0.15, 0.2) is 24.3 Å². The Morgan fingerprint density at radius 2 is 1.86 bits per heavy atom. The van der Waals surface area contributed by atoms with E-state index in [2.05, 4.69) is 10.6 Å². The van der Waals surface area contributed by atoms with Crippen LogP contribution in [0.25, 0.3) is 0 Å². The van der Waals surface area contributed by atoms with Crippen molar-refractivity contribution < 1.29 is 23.5 Å². The lowest BCUT2D eigenvalue weighted by Crippen LogP contribution is -2.54. The third-order valence-electron chi connectivity index (χ3n) is 5.54. The predicted molar refractivity (Wildman–Crippen MR) is 105 cm³/mol. The van der Waals surface area contributed by atoms with E-state index in [9.17, 15) is 18.8 Å². The van der Waals surface area contributed by atoms with Crippen LogP contribution in [0.3, 0.4) is 0 Å². The van der Waals surface area contributed by atoms with Gasteiger partial charge >= 0.3 is 0 Å². The second kappa shape index (κ2) is 9.82. The molecule has 0 aromatic heterocycles. The van der Waals surface area contributed by atoms with Crippen molar-refractivity contribution in [2.75, 3.05) is 33.4 Å². The molecule has 2 N–H and O–H groups in total. The Kier molecular flexibility index (Phi) is 7.19. The van der Waals surface area contributed by atoms with Crippen LogP contribution >= 0.6 is 0 Å². The first-order valence-electron chi connectivity index (χ1n) is 10.1. The summed E-state index contributed by atoms with van der Waals surface area (Å²) >= 11 is 0. The molecule has 29 heavy (non-hydrogen) atoms. The van der Waals surface area contributed by atoms with Crippen LogP contribution < -0.4 is 10.6 Å². The minimum Gasteiger partial charge on any atom is -0.383 e. The molecule has 1 unspecified atom stereocenters. The lowest BCUT2D eigenvalue weighted by molar-refractivity contribution is -0.131. The Bertz CT molecular complexity index is 745. The van der Waals surface area contributed by atoms with Crippen LogP contribution in [0.2, 0.25) is 0 Å². The number of halogens is 1. The van der Waals surface area contributed by atoms with Crippen molar-refractivity contribution in [1.29, 1.82) is 0 Å². The van der Waals surface area contributed by atoms with Crippen molar-refractivity contribution in [2.45, 2.75) is 31.7 Å². The van der Waals surface area contributed by atoms with E-state index in [0.29, 0.717) is 39.1 Å². The molecule has 2 fully saturated rings. The molecule has 158 valence electrons. The molecule has 1 aliphatic carbocycles. The van der Waals surface area contributed by atoms with Crippen LogP contribution in [-0.4, -0.2) is 62.0 Å². The molecule has 2 aliphatic rings. The molecule has 3 rings (SSSR count). The summed E-state index contributed by atoms with van der Waals surface area (Å²) in [4.78, 5) is 39.1. The average Bonchev–Trinajstić information content (AvgIpc) is 3.57. The summed E-state index contributed by atoms with van der Waals surface area (Å²) in [6, 6.07) is 5.30. The highest BCUT2D eigenvalue weighted by Gasteiger charge is 2.37. The molecular weight excluding hydrogens is 377 g/mol. The first kappa shape index (κ1) is 21.2. The van der Waals surface area contributed by atoms with Gasteiger partial charge in [0.15, 0.2) is 0 Å². The number of piperidine rings is 1. The second-order valence-electron chi connectivity index (χ2n) is 7.65. The van der Waals surface area contributed by atoms with Crippen molar-refractivity contribution >= 4 is 17.7 Å². The van der Waals surface area contributed by atoms with Crippen LogP contribution in [0.4, 0.5) is 4.39 Å². The molecule has 0 bridgehead atoms. The summed E-state index contributed by atoms with van der Waals surface area (Å²) in [5.74, 6) is -1.26. The van der Waals surface area contributed by atoms with Crippen molar-refractivity contribution in [2.24, 2.45) is 11.8 Å². The van der Waals surface area contributed by atoms with Gasteiger partial charge in [-0.05, 0) is 43.7 Å². The summed E-state index contributed by atoms with van der Waals surface area (Å²) < 4.78 is 18.9. The van der Waals surface area contributed by atoms with Crippen molar-refractivity contribution in [1.82, 2.24) is 15.5 Å². The Morgan fingerprint density at radius 1 is 1.17 bits per heavy atom. The van der Waals surface area contributed by atoms with Gasteiger partial charge in [0.25, 0.3) is 5.91 Å². The lowest BCUT2D eigenvalue weighted by Gasteiger charge is -2.36. The fourth-order valence-electron chi connectivity index (χ4n) is 3.64. The maximum absolute atomic E-state index is 13.9. The van der Waals surface area contributed by atoms with Gasteiger partial charge in [-0.3, -0.25) is 14.4 Å². The number of nitrogens with one attached hydrogen (secondary N) is 2. The van der Waals surface area contributed by atoms with Crippen LogP contribution in [-0.2, 0) is 14.3 Å². The third-order valence-corrected chi connectivity index (χ3v) is 5.54. The molecule has 3 amide bonds. The summed E-state index contributed by atoms with van der Waals surface area (Å²) in [5, 5.41) is 5.71. The number of hydrogen-bond donors (Lipinski definition) is 2. The maximum Gasteiger partial charge on any atom is 0.256 e. The normalized spacial score (nSPS) is 18.2. The Hall–Kier alpha value is -2.48. The molecule has 1 saturated carbocycles. The van der Waals surface area contributed by atoms with Gasteiger partial charge in [-0.2, -0.15) is 0 Å². The topological polar surface area (TPSA) is 87.7 Å². The molecule has 1 aliphatic heterocycles. The zero-order valence-electron chi connectivity index (χ0n) is 16.7. The van der Waals surface area contributed by atoms with Gasteiger partial charge in [-0.25, -0.2) is 4.39 Å². The number of hydrogen-bond acceptors (Lipinski definition) is 4. The largest absolute Gasteiger partial charge is 0.383 e. The zero-order valence-corrected chi connectivity index (χ0v) is 16.7. The molecule has 1 aromatic rings. The van der Waals surface area contributed by atoms with E-state index in [1.54, 1.807) is 24.1 Å². The number of likely N-dealkylation sites (tertiary alicyclic amines) is 1. The van der Waals surface area contributed by atoms with Crippen LogP contribution in [0, 0.1) is 17.7 Å². The van der Waals surface area contributed by atoms with Gasteiger partial charge in [0.2, 0.25) is 11.8 Å². The quantitative estimate of drug-likeness (QED) is 0.639. The maximum atomic E-state index is 13.9. The molecule has 1 aromatic carbocycles. The first-order valence-corrected chi connectivity index (χ1v) is 10.1. The van der Waals surface area contributed by atoms with Crippen LogP contribution in [0.1, 0.15) is 36.0 Å². The highest BCUT2D eigenvalue weighted by Crippen LogP contribution is 2.30. The van der Waals surface area contributed by atoms with E-state index >= 15 is 0 Å². The molecule has 1 atom stereocenters. The minimum atomic E-state index is -0.634. The summed E-state index contributed by atoms with van der Waals surface area (Å²) in [6.45, 7) is 1.60. The number of nitrogens with zero attached hydrogens (tertiary/aromatic N) is 1.